The highest BCUT2D eigenvalue weighted by atomic mass is 19.1. The second-order valence-corrected chi connectivity index (χ2v) is 4.16. The number of pyridine rings is 1. The van der Waals surface area contributed by atoms with Gasteiger partial charge in [-0.1, -0.05) is 6.07 Å². The number of halogens is 1. The van der Waals surface area contributed by atoms with Gasteiger partial charge in [0.15, 0.2) is 0 Å². The first-order chi connectivity index (χ1) is 9.10. The fourth-order valence-electron chi connectivity index (χ4n) is 1.58. The lowest BCUT2D eigenvalue weighted by atomic mass is 10.2. The quantitative estimate of drug-likeness (QED) is 0.888. The normalized spacial score (nSPS) is 10.3. The molecule has 0 atom stereocenters. The van der Waals surface area contributed by atoms with Crippen molar-refractivity contribution < 1.29 is 9.18 Å². The number of aryl methyl sites for hydroxylation is 1. The fourth-order valence-corrected chi connectivity index (χ4v) is 1.58. The van der Waals surface area contributed by atoms with Gasteiger partial charge >= 0.3 is 0 Å². The highest BCUT2D eigenvalue weighted by Crippen LogP contribution is 2.16. The van der Waals surface area contributed by atoms with E-state index in [4.69, 9.17) is 5.73 Å². The van der Waals surface area contributed by atoms with Crippen molar-refractivity contribution in [1.29, 1.82) is 0 Å². The summed E-state index contributed by atoms with van der Waals surface area (Å²) in [4.78, 5) is 15.9. The maximum atomic E-state index is 13.7. The SMILES string of the molecule is Cc1ccc(C(=O)Nc2ccc(CN)cc2F)cn1. The Kier molecular flexibility index (Phi) is 3.87. The molecule has 0 aliphatic heterocycles. The number of hydrogen-bond acceptors (Lipinski definition) is 3. The Morgan fingerprint density at radius 2 is 2.16 bits per heavy atom. The molecular weight excluding hydrogens is 245 g/mol. The molecule has 0 unspecified atom stereocenters. The smallest absolute Gasteiger partial charge is 0.257 e. The van der Waals surface area contributed by atoms with E-state index in [1.165, 1.54) is 18.3 Å². The van der Waals surface area contributed by atoms with Crippen LogP contribution in [0.15, 0.2) is 36.5 Å². The van der Waals surface area contributed by atoms with Gasteiger partial charge in [-0.05, 0) is 36.8 Å². The standard InChI is InChI=1S/C14H14FN3O/c1-9-2-4-11(8-17-9)14(19)18-13-5-3-10(7-16)6-12(13)15/h2-6,8H,7,16H2,1H3,(H,18,19). The summed E-state index contributed by atoms with van der Waals surface area (Å²) in [6.45, 7) is 2.08. The molecule has 2 rings (SSSR count). The molecule has 5 heteroatoms. The van der Waals surface area contributed by atoms with Crippen molar-refractivity contribution in [2.24, 2.45) is 5.73 Å². The number of benzene rings is 1. The Bertz CT molecular complexity index is 596. The number of hydrogen-bond donors (Lipinski definition) is 2. The van der Waals surface area contributed by atoms with Crippen molar-refractivity contribution in [3.63, 3.8) is 0 Å². The highest BCUT2D eigenvalue weighted by Gasteiger charge is 2.09. The molecule has 3 N–H and O–H groups in total. The molecule has 4 nitrogen and oxygen atoms in total. The van der Waals surface area contributed by atoms with Crippen molar-refractivity contribution >= 4 is 11.6 Å². The number of rotatable bonds is 3. The Balaban J connectivity index is 2.17. The largest absolute Gasteiger partial charge is 0.326 e. The molecule has 0 aliphatic carbocycles. The Morgan fingerprint density at radius 3 is 2.74 bits per heavy atom. The number of nitrogens with two attached hydrogens (primary N) is 1. The van der Waals surface area contributed by atoms with Crippen molar-refractivity contribution in [1.82, 2.24) is 4.98 Å². The summed E-state index contributed by atoms with van der Waals surface area (Å²) >= 11 is 0. The number of anilines is 1. The molecule has 2 aromatic rings. The second kappa shape index (κ2) is 5.58. The Labute approximate surface area is 110 Å². The van der Waals surface area contributed by atoms with Crippen molar-refractivity contribution in [2.75, 3.05) is 5.32 Å². The number of nitrogens with one attached hydrogen (secondary N) is 1. The van der Waals surface area contributed by atoms with Gasteiger partial charge < -0.3 is 11.1 Å². The Hall–Kier alpha value is -2.27. The van der Waals surface area contributed by atoms with Crippen molar-refractivity contribution in [3.05, 3.63) is 59.2 Å². The summed E-state index contributed by atoms with van der Waals surface area (Å²) in [6.07, 6.45) is 1.46. The van der Waals surface area contributed by atoms with Gasteiger partial charge in [0, 0.05) is 18.4 Å². The van der Waals surface area contributed by atoms with E-state index < -0.39 is 11.7 Å². The molecule has 0 aliphatic rings. The van der Waals surface area contributed by atoms with Gasteiger partial charge in [0.25, 0.3) is 5.91 Å². The molecule has 1 aromatic heterocycles. The topological polar surface area (TPSA) is 68.0 Å². The van der Waals surface area contributed by atoms with E-state index in [-0.39, 0.29) is 12.2 Å². The summed E-state index contributed by atoms with van der Waals surface area (Å²) in [7, 11) is 0. The minimum absolute atomic E-state index is 0.128. The summed E-state index contributed by atoms with van der Waals surface area (Å²) in [5, 5.41) is 2.50. The average molecular weight is 259 g/mol. The first kappa shape index (κ1) is 13.2. The monoisotopic (exact) mass is 259 g/mol. The highest BCUT2D eigenvalue weighted by molar-refractivity contribution is 6.04. The van der Waals surface area contributed by atoms with Crippen molar-refractivity contribution in [3.8, 4) is 0 Å². The Morgan fingerprint density at radius 1 is 1.37 bits per heavy atom. The van der Waals surface area contributed by atoms with Gasteiger partial charge in [-0.2, -0.15) is 0 Å². The van der Waals surface area contributed by atoms with Crippen molar-refractivity contribution in [2.45, 2.75) is 13.5 Å². The summed E-state index contributed by atoms with van der Waals surface area (Å²) < 4.78 is 13.7. The molecule has 0 radical (unpaired) electrons. The van der Waals surface area contributed by atoms with Crippen LogP contribution in [0.3, 0.4) is 0 Å². The van der Waals surface area contributed by atoms with Crippen LogP contribution >= 0.6 is 0 Å². The van der Waals surface area contributed by atoms with Gasteiger partial charge in [-0.25, -0.2) is 4.39 Å². The maximum absolute atomic E-state index is 13.7. The van der Waals surface area contributed by atoms with Gasteiger partial charge in [-0.15, -0.1) is 0 Å². The zero-order valence-electron chi connectivity index (χ0n) is 10.5. The fraction of sp³-hybridized carbons (Fsp3) is 0.143. The lowest BCUT2D eigenvalue weighted by Gasteiger charge is -2.07. The third-order valence-corrected chi connectivity index (χ3v) is 2.69. The van der Waals surface area contributed by atoms with Crippen LogP contribution in [0.5, 0.6) is 0 Å². The molecule has 1 aromatic carbocycles. The van der Waals surface area contributed by atoms with E-state index in [1.54, 1.807) is 18.2 Å². The van der Waals surface area contributed by atoms with Crippen LogP contribution in [-0.2, 0) is 6.54 Å². The van der Waals surface area contributed by atoms with Crippen LogP contribution < -0.4 is 11.1 Å². The van der Waals surface area contributed by atoms with Crippen LogP contribution in [0, 0.1) is 12.7 Å². The van der Waals surface area contributed by atoms with Gasteiger partial charge in [0.05, 0.1) is 11.3 Å². The molecule has 19 heavy (non-hydrogen) atoms. The third-order valence-electron chi connectivity index (χ3n) is 2.69. The maximum Gasteiger partial charge on any atom is 0.257 e. The van der Waals surface area contributed by atoms with Gasteiger partial charge in [0.2, 0.25) is 0 Å². The number of nitrogens with zero attached hydrogens (tertiary/aromatic N) is 1. The van der Waals surface area contributed by atoms with Crippen LogP contribution in [-0.4, -0.2) is 10.9 Å². The van der Waals surface area contributed by atoms with E-state index in [0.29, 0.717) is 11.1 Å². The molecule has 0 saturated carbocycles. The summed E-state index contributed by atoms with van der Waals surface area (Å²) in [5.74, 6) is -0.900. The lowest BCUT2D eigenvalue weighted by Crippen LogP contribution is -2.13. The minimum Gasteiger partial charge on any atom is -0.326 e. The number of amides is 1. The molecule has 1 amide bonds. The van der Waals surface area contributed by atoms with Crippen LogP contribution in [0.1, 0.15) is 21.6 Å². The first-order valence-corrected chi connectivity index (χ1v) is 5.82. The molecule has 1 heterocycles. The van der Waals surface area contributed by atoms with E-state index >= 15 is 0 Å². The van der Waals surface area contributed by atoms with E-state index in [0.717, 1.165) is 5.69 Å². The zero-order valence-corrected chi connectivity index (χ0v) is 10.5. The average Bonchev–Trinajstić information content (AvgIpc) is 2.41. The van der Waals surface area contributed by atoms with E-state index in [9.17, 15) is 9.18 Å². The number of carbonyl (C=O) groups excluding carboxylic acids is 1. The molecule has 0 fully saturated rings. The predicted molar refractivity (Wildman–Crippen MR) is 71.2 cm³/mol. The molecule has 0 saturated heterocycles. The lowest BCUT2D eigenvalue weighted by molar-refractivity contribution is 0.102. The first-order valence-electron chi connectivity index (χ1n) is 5.82. The number of carbonyl (C=O) groups is 1. The molecule has 0 spiro atoms. The zero-order chi connectivity index (χ0) is 13.8. The van der Waals surface area contributed by atoms with Crippen LogP contribution in [0.2, 0.25) is 0 Å². The van der Waals surface area contributed by atoms with Gasteiger partial charge in [0.1, 0.15) is 5.82 Å². The predicted octanol–water partition coefficient (Wildman–Crippen LogP) is 2.24. The molecular formula is C14H14FN3O. The minimum atomic E-state index is -0.503. The second-order valence-electron chi connectivity index (χ2n) is 4.16. The van der Waals surface area contributed by atoms with Crippen LogP contribution in [0.25, 0.3) is 0 Å². The number of aromatic nitrogens is 1. The molecule has 0 bridgehead atoms. The van der Waals surface area contributed by atoms with Crippen LogP contribution in [0.4, 0.5) is 10.1 Å². The van der Waals surface area contributed by atoms with E-state index in [1.807, 2.05) is 6.92 Å². The van der Waals surface area contributed by atoms with E-state index in [2.05, 4.69) is 10.3 Å². The summed E-state index contributed by atoms with van der Waals surface area (Å²) in [5.41, 5.74) is 7.41. The molecule has 98 valence electrons. The van der Waals surface area contributed by atoms with Gasteiger partial charge in [-0.3, -0.25) is 9.78 Å². The third kappa shape index (κ3) is 3.14. The summed E-state index contributed by atoms with van der Waals surface area (Å²) in [6, 6.07) is 7.85.